The Morgan fingerprint density at radius 1 is 0.760 bits per heavy atom. The molecule has 2 heteroatoms. The highest BCUT2D eigenvalue weighted by molar-refractivity contribution is 6.10. The maximum atomic E-state index is 6.42. The number of fused-ring (bicyclic) bond motifs is 4. The second-order valence-corrected chi connectivity index (χ2v) is 7.04. The van der Waals surface area contributed by atoms with Gasteiger partial charge in [0.05, 0.1) is 5.69 Å². The monoisotopic (exact) mass is 327 g/mol. The molecule has 0 saturated carbocycles. The van der Waals surface area contributed by atoms with Crippen LogP contribution in [-0.4, -0.2) is 4.98 Å². The minimum Gasteiger partial charge on any atom is -0.455 e. The summed E-state index contributed by atoms with van der Waals surface area (Å²) in [6, 6.07) is 17.3. The Morgan fingerprint density at radius 3 is 2.48 bits per heavy atom. The first-order valence-electron chi connectivity index (χ1n) is 9.28. The lowest BCUT2D eigenvalue weighted by molar-refractivity contribution is 0.629. The van der Waals surface area contributed by atoms with Crippen molar-refractivity contribution in [1.29, 1.82) is 0 Å². The molecular weight excluding hydrogens is 306 g/mol. The summed E-state index contributed by atoms with van der Waals surface area (Å²) in [5, 5.41) is 2.41. The molecule has 4 bridgehead atoms. The lowest BCUT2D eigenvalue weighted by Gasteiger charge is -2.07. The van der Waals surface area contributed by atoms with E-state index < -0.39 is 0 Å². The van der Waals surface area contributed by atoms with Crippen molar-refractivity contribution >= 4 is 21.9 Å². The third-order valence-electron chi connectivity index (χ3n) is 5.37. The van der Waals surface area contributed by atoms with Crippen LogP contribution in [0.2, 0.25) is 0 Å². The average Bonchev–Trinajstić information content (AvgIpc) is 3.04. The summed E-state index contributed by atoms with van der Waals surface area (Å²) in [6.45, 7) is 0. The molecule has 2 nitrogen and oxygen atoms in total. The molecule has 0 aliphatic carbocycles. The van der Waals surface area contributed by atoms with E-state index in [9.17, 15) is 0 Å². The summed E-state index contributed by atoms with van der Waals surface area (Å²) in [5.41, 5.74) is 6.83. The first-order valence-corrected chi connectivity index (χ1v) is 9.28. The normalized spacial score (nSPS) is 15.0. The zero-order valence-electron chi connectivity index (χ0n) is 14.3. The van der Waals surface area contributed by atoms with E-state index in [1.54, 1.807) is 0 Å². The maximum Gasteiger partial charge on any atom is 0.144 e. The van der Waals surface area contributed by atoms with Crippen molar-refractivity contribution in [2.75, 3.05) is 0 Å². The molecule has 3 heterocycles. The van der Waals surface area contributed by atoms with Gasteiger partial charge in [-0.15, -0.1) is 0 Å². The topological polar surface area (TPSA) is 26.0 Å². The molecule has 2 aromatic carbocycles. The van der Waals surface area contributed by atoms with Crippen LogP contribution < -0.4 is 0 Å². The van der Waals surface area contributed by atoms with E-state index in [4.69, 9.17) is 4.42 Å². The Bertz CT molecular complexity index is 1060. The first kappa shape index (κ1) is 14.7. The number of hydrogen-bond acceptors (Lipinski definition) is 2. The number of para-hydroxylation sites is 2. The summed E-state index contributed by atoms with van der Waals surface area (Å²) in [6.07, 6.45) is 9.20. The van der Waals surface area contributed by atoms with E-state index in [1.807, 2.05) is 6.20 Å². The third-order valence-corrected chi connectivity index (χ3v) is 5.37. The van der Waals surface area contributed by atoms with Crippen LogP contribution in [0.5, 0.6) is 0 Å². The Balaban J connectivity index is 1.82. The van der Waals surface area contributed by atoms with Crippen LogP contribution in [0.3, 0.4) is 0 Å². The second kappa shape index (κ2) is 6.03. The van der Waals surface area contributed by atoms with E-state index in [-0.39, 0.29) is 0 Å². The van der Waals surface area contributed by atoms with Crippen molar-refractivity contribution in [3.05, 3.63) is 65.9 Å². The van der Waals surface area contributed by atoms with Crippen LogP contribution in [0.15, 0.2) is 59.1 Å². The zero-order chi connectivity index (χ0) is 16.6. The third kappa shape index (κ3) is 2.53. The van der Waals surface area contributed by atoms with Crippen molar-refractivity contribution in [2.45, 2.75) is 38.5 Å². The molecule has 5 rings (SSSR count). The fourth-order valence-corrected chi connectivity index (χ4v) is 4.05. The van der Waals surface area contributed by atoms with Crippen LogP contribution in [0.25, 0.3) is 33.2 Å². The minimum absolute atomic E-state index is 0.964. The number of rotatable bonds is 0. The van der Waals surface area contributed by atoms with Gasteiger partial charge in [0.1, 0.15) is 11.2 Å². The molecule has 0 N–H and O–H groups in total. The molecule has 0 fully saturated rings. The van der Waals surface area contributed by atoms with Gasteiger partial charge in [0.25, 0.3) is 0 Å². The molecule has 124 valence electrons. The number of hydrogen-bond donors (Lipinski definition) is 0. The summed E-state index contributed by atoms with van der Waals surface area (Å²) < 4.78 is 6.42. The van der Waals surface area contributed by atoms with Crippen LogP contribution >= 0.6 is 0 Å². The van der Waals surface area contributed by atoms with Gasteiger partial charge < -0.3 is 4.42 Å². The molecule has 0 atom stereocenters. The average molecular weight is 327 g/mol. The molecule has 2 aromatic heterocycles. The van der Waals surface area contributed by atoms with Gasteiger partial charge in [-0.25, -0.2) is 0 Å². The number of nitrogens with zero attached hydrogens (tertiary/aromatic N) is 1. The van der Waals surface area contributed by atoms with Crippen LogP contribution in [-0.2, 0) is 12.8 Å². The predicted octanol–water partition coefficient (Wildman–Crippen LogP) is 6.31. The molecule has 1 aliphatic rings. The quantitative estimate of drug-likeness (QED) is 0.378. The molecule has 0 spiro atoms. The molecule has 4 aromatic rings. The smallest absolute Gasteiger partial charge is 0.144 e. The molecule has 0 amide bonds. The van der Waals surface area contributed by atoms with Crippen molar-refractivity contribution in [2.24, 2.45) is 0 Å². The van der Waals surface area contributed by atoms with Gasteiger partial charge in [0, 0.05) is 22.5 Å². The van der Waals surface area contributed by atoms with Gasteiger partial charge in [-0.2, -0.15) is 0 Å². The largest absolute Gasteiger partial charge is 0.455 e. The van der Waals surface area contributed by atoms with Crippen molar-refractivity contribution < 1.29 is 4.42 Å². The van der Waals surface area contributed by atoms with Crippen LogP contribution in [0.1, 0.15) is 36.8 Å². The Hall–Kier alpha value is -2.61. The van der Waals surface area contributed by atoms with E-state index in [0.29, 0.717) is 0 Å². The molecule has 0 saturated heterocycles. The van der Waals surface area contributed by atoms with Gasteiger partial charge in [0.2, 0.25) is 0 Å². The standard InChI is InChI=1S/C23H21NO/c1-2-4-8-17-9-5-10-18-19-11-6-12-20(23(19)25-22(17)18)21-15-16(7-3-1)13-14-24-21/h5-6,9-15H,1-4,7-8H2. The summed E-state index contributed by atoms with van der Waals surface area (Å²) in [5.74, 6) is 0. The van der Waals surface area contributed by atoms with Crippen molar-refractivity contribution in [1.82, 2.24) is 4.98 Å². The molecule has 0 unspecified atom stereocenters. The highest BCUT2D eigenvalue weighted by atomic mass is 16.3. The Kier molecular flexibility index (Phi) is 3.55. The van der Waals surface area contributed by atoms with Crippen LogP contribution in [0.4, 0.5) is 0 Å². The van der Waals surface area contributed by atoms with E-state index in [0.717, 1.165) is 35.3 Å². The number of aromatic nitrogens is 1. The van der Waals surface area contributed by atoms with Gasteiger partial charge in [-0.1, -0.05) is 43.2 Å². The maximum absolute atomic E-state index is 6.42. The van der Waals surface area contributed by atoms with Gasteiger partial charge in [-0.3, -0.25) is 4.98 Å². The van der Waals surface area contributed by atoms with Crippen molar-refractivity contribution in [3.8, 4) is 11.3 Å². The second-order valence-electron chi connectivity index (χ2n) is 7.04. The molecule has 1 aliphatic heterocycles. The number of furan rings is 1. The highest BCUT2D eigenvalue weighted by Gasteiger charge is 2.15. The zero-order valence-corrected chi connectivity index (χ0v) is 14.3. The van der Waals surface area contributed by atoms with E-state index >= 15 is 0 Å². The number of benzene rings is 2. The fraction of sp³-hybridized carbons (Fsp3) is 0.261. The summed E-state index contributed by atoms with van der Waals surface area (Å²) >= 11 is 0. The van der Waals surface area contributed by atoms with Gasteiger partial charge in [-0.05, 0) is 55.0 Å². The van der Waals surface area contributed by atoms with E-state index in [1.165, 1.54) is 47.6 Å². The molecule has 0 radical (unpaired) electrons. The van der Waals surface area contributed by atoms with Crippen LogP contribution in [0, 0.1) is 0 Å². The first-order chi connectivity index (χ1) is 12.4. The highest BCUT2D eigenvalue weighted by Crippen LogP contribution is 2.37. The summed E-state index contributed by atoms with van der Waals surface area (Å²) in [4.78, 5) is 4.63. The predicted molar refractivity (Wildman–Crippen MR) is 103 cm³/mol. The summed E-state index contributed by atoms with van der Waals surface area (Å²) in [7, 11) is 0. The lowest BCUT2D eigenvalue weighted by atomic mass is 10.0. The van der Waals surface area contributed by atoms with Crippen molar-refractivity contribution in [3.63, 3.8) is 0 Å². The Morgan fingerprint density at radius 2 is 1.56 bits per heavy atom. The minimum atomic E-state index is 0.964. The lowest BCUT2D eigenvalue weighted by Crippen LogP contribution is -1.91. The number of aryl methyl sites for hydroxylation is 2. The van der Waals surface area contributed by atoms with Gasteiger partial charge >= 0.3 is 0 Å². The molecule has 25 heavy (non-hydrogen) atoms. The number of pyridine rings is 1. The van der Waals surface area contributed by atoms with Gasteiger partial charge in [0.15, 0.2) is 0 Å². The fourth-order valence-electron chi connectivity index (χ4n) is 4.05. The molecular formula is C23H21NO. The Labute approximate surface area is 147 Å². The van der Waals surface area contributed by atoms with E-state index in [2.05, 4.69) is 53.5 Å². The SMILES string of the molecule is c1cc2c3oc4c(cccc4c3c1)-c1cc(ccn1)CCCCCC2.